The molecule has 1 aliphatic heterocycles. The van der Waals surface area contributed by atoms with Crippen molar-refractivity contribution in [3.63, 3.8) is 0 Å². The highest BCUT2D eigenvalue weighted by Gasteiger charge is 2.12. The van der Waals surface area contributed by atoms with Crippen LogP contribution in [0.4, 0.5) is 0 Å². The Morgan fingerprint density at radius 3 is 3.05 bits per heavy atom. The van der Waals surface area contributed by atoms with Crippen LogP contribution in [0.5, 0.6) is 0 Å². The number of hydrogen-bond donors (Lipinski definition) is 2. The van der Waals surface area contributed by atoms with Gasteiger partial charge in [-0.1, -0.05) is 0 Å². The van der Waals surface area contributed by atoms with Crippen molar-refractivity contribution in [1.29, 1.82) is 0 Å². The molecule has 4 nitrogen and oxygen atoms in total. The van der Waals surface area contributed by atoms with Gasteiger partial charge in [-0.25, -0.2) is 0 Å². The van der Waals surface area contributed by atoms with Gasteiger partial charge in [-0.05, 0) is 43.4 Å². The van der Waals surface area contributed by atoms with Crippen LogP contribution in [0.1, 0.15) is 16.9 Å². The molecule has 19 heavy (non-hydrogen) atoms. The molecule has 0 aliphatic carbocycles. The third-order valence-electron chi connectivity index (χ3n) is 3.21. The lowest BCUT2D eigenvalue weighted by Crippen LogP contribution is -2.38. The number of aryl methyl sites for hydroxylation is 1. The fourth-order valence-electron chi connectivity index (χ4n) is 2.08. The monoisotopic (exact) mass is 303 g/mol. The summed E-state index contributed by atoms with van der Waals surface area (Å²) in [5, 5.41) is 8.41. The second-order valence-corrected chi connectivity index (χ2v) is 5.68. The highest BCUT2D eigenvalue weighted by atomic mass is 35.5. The van der Waals surface area contributed by atoms with Crippen LogP contribution in [-0.4, -0.2) is 43.5 Å². The second-order valence-electron chi connectivity index (χ2n) is 4.68. The summed E-state index contributed by atoms with van der Waals surface area (Å²) in [6.45, 7) is 7.28. The standard InChI is InChI=1S/C13H21N3OS.ClH/c1-11-3-8-18-12(11)9-15-13(17)10-16-6-2-4-14-5-7-16;/h3,8,14H,2,4-7,9-10H2,1H3,(H,15,17);1H. The number of thiophene rings is 1. The Morgan fingerprint density at radius 2 is 2.32 bits per heavy atom. The molecule has 6 heteroatoms. The lowest BCUT2D eigenvalue weighted by atomic mass is 10.3. The molecule has 0 aromatic carbocycles. The summed E-state index contributed by atoms with van der Waals surface area (Å²) in [4.78, 5) is 15.3. The summed E-state index contributed by atoms with van der Waals surface area (Å²) in [6.07, 6.45) is 1.12. The van der Waals surface area contributed by atoms with E-state index in [1.807, 2.05) is 0 Å². The normalized spacial score (nSPS) is 16.5. The summed E-state index contributed by atoms with van der Waals surface area (Å²) >= 11 is 1.70. The van der Waals surface area contributed by atoms with Crippen molar-refractivity contribution in [1.82, 2.24) is 15.5 Å². The van der Waals surface area contributed by atoms with Gasteiger partial charge in [0.25, 0.3) is 0 Å². The van der Waals surface area contributed by atoms with Crippen LogP contribution >= 0.6 is 23.7 Å². The van der Waals surface area contributed by atoms with Crippen molar-refractivity contribution >= 4 is 29.7 Å². The summed E-state index contributed by atoms with van der Waals surface area (Å²) < 4.78 is 0. The molecule has 1 fully saturated rings. The van der Waals surface area contributed by atoms with Gasteiger partial charge in [0.2, 0.25) is 5.91 Å². The van der Waals surface area contributed by atoms with Gasteiger partial charge in [0.15, 0.2) is 0 Å². The van der Waals surface area contributed by atoms with Crippen LogP contribution in [0.25, 0.3) is 0 Å². The molecule has 108 valence electrons. The van der Waals surface area contributed by atoms with Crippen molar-refractivity contribution in [2.24, 2.45) is 0 Å². The number of nitrogens with one attached hydrogen (secondary N) is 2. The van der Waals surface area contributed by atoms with Gasteiger partial charge in [0.05, 0.1) is 13.1 Å². The first-order valence-electron chi connectivity index (χ1n) is 6.48. The Balaban J connectivity index is 0.00000180. The Kier molecular flexibility index (Phi) is 7.38. The molecular formula is C13H22ClN3OS. The Bertz CT molecular complexity index is 389. The lowest BCUT2D eigenvalue weighted by molar-refractivity contribution is -0.122. The average molecular weight is 304 g/mol. The van der Waals surface area contributed by atoms with Crippen LogP contribution in [0, 0.1) is 6.92 Å². The molecule has 2 N–H and O–H groups in total. The molecule has 1 aliphatic rings. The van der Waals surface area contributed by atoms with Gasteiger partial charge in [-0.2, -0.15) is 0 Å². The summed E-state index contributed by atoms with van der Waals surface area (Å²) in [7, 11) is 0. The minimum absolute atomic E-state index is 0. The summed E-state index contributed by atoms with van der Waals surface area (Å²) in [5.41, 5.74) is 1.26. The van der Waals surface area contributed by atoms with Gasteiger partial charge in [0.1, 0.15) is 0 Å². The first kappa shape index (κ1) is 16.4. The number of carbonyl (C=O) groups is 1. The van der Waals surface area contributed by atoms with Crippen LogP contribution in [0.15, 0.2) is 11.4 Å². The second kappa shape index (κ2) is 8.53. The first-order chi connectivity index (χ1) is 8.75. The lowest BCUT2D eigenvalue weighted by Gasteiger charge is -2.18. The summed E-state index contributed by atoms with van der Waals surface area (Å²) in [5.74, 6) is 0.129. The van der Waals surface area contributed by atoms with E-state index >= 15 is 0 Å². The first-order valence-corrected chi connectivity index (χ1v) is 7.36. The number of carbonyl (C=O) groups excluding carboxylic acids is 1. The Morgan fingerprint density at radius 1 is 1.47 bits per heavy atom. The molecule has 1 amide bonds. The predicted octanol–water partition coefficient (Wildman–Crippen LogP) is 1.39. The van der Waals surface area contributed by atoms with Gasteiger partial charge < -0.3 is 10.6 Å². The third-order valence-corrected chi connectivity index (χ3v) is 4.24. The van der Waals surface area contributed by atoms with E-state index in [1.54, 1.807) is 11.3 Å². The number of halogens is 1. The quantitative estimate of drug-likeness (QED) is 0.883. The molecule has 0 unspecified atom stereocenters. The zero-order chi connectivity index (χ0) is 12.8. The highest BCUT2D eigenvalue weighted by Crippen LogP contribution is 2.14. The minimum Gasteiger partial charge on any atom is -0.350 e. The molecule has 0 bridgehead atoms. The topological polar surface area (TPSA) is 44.4 Å². The molecule has 0 radical (unpaired) electrons. The van der Waals surface area contributed by atoms with E-state index in [9.17, 15) is 4.79 Å². The van der Waals surface area contributed by atoms with E-state index in [0.29, 0.717) is 13.1 Å². The van der Waals surface area contributed by atoms with Crippen LogP contribution < -0.4 is 10.6 Å². The maximum absolute atomic E-state index is 11.9. The van der Waals surface area contributed by atoms with Crippen LogP contribution in [0.3, 0.4) is 0 Å². The molecular weight excluding hydrogens is 282 g/mol. The van der Waals surface area contributed by atoms with E-state index in [0.717, 1.165) is 32.6 Å². The maximum atomic E-state index is 11.9. The number of nitrogens with zero attached hydrogens (tertiary/aromatic N) is 1. The average Bonchev–Trinajstić information content (AvgIpc) is 2.61. The van der Waals surface area contributed by atoms with Crippen LogP contribution in [-0.2, 0) is 11.3 Å². The fourth-order valence-corrected chi connectivity index (χ4v) is 2.93. The maximum Gasteiger partial charge on any atom is 0.234 e. The molecule has 0 saturated carbocycles. The third kappa shape index (κ3) is 5.48. The van der Waals surface area contributed by atoms with Gasteiger partial charge in [-0.15, -0.1) is 23.7 Å². The van der Waals surface area contributed by atoms with Crippen molar-refractivity contribution in [3.05, 3.63) is 21.9 Å². The van der Waals surface area contributed by atoms with E-state index in [2.05, 4.69) is 33.9 Å². The van der Waals surface area contributed by atoms with Gasteiger partial charge >= 0.3 is 0 Å². The fraction of sp³-hybridized carbons (Fsp3) is 0.615. The molecule has 2 heterocycles. The Labute approximate surface area is 125 Å². The minimum atomic E-state index is 0. The summed E-state index contributed by atoms with van der Waals surface area (Å²) in [6, 6.07) is 2.09. The number of rotatable bonds is 4. The Hall–Kier alpha value is -0.620. The molecule has 0 spiro atoms. The van der Waals surface area contributed by atoms with Crippen molar-refractivity contribution in [2.45, 2.75) is 19.9 Å². The number of amides is 1. The van der Waals surface area contributed by atoms with E-state index in [1.165, 1.54) is 10.4 Å². The van der Waals surface area contributed by atoms with E-state index in [-0.39, 0.29) is 18.3 Å². The molecule has 2 rings (SSSR count). The number of hydrogen-bond acceptors (Lipinski definition) is 4. The molecule has 0 atom stereocenters. The van der Waals surface area contributed by atoms with Crippen molar-refractivity contribution < 1.29 is 4.79 Å². The van der Waals surface area contributed by atoms with E-state index < -0.39 is 0 Å². The zero-order valence-corrected chi connectivity index (χ0v) is 12.9. The van der Waals surface area contributed by atoms with Gasteiger partial charge in [-0.3, -0.25) is 9.69 Å². The smallest absolute Gasteiger partial charge is 0.234 e. The molecule has 1 aromatic rings. The van der Waals surface area contributed by atoms with Gasteiger partial charge in [0, 0.05) is 18.0 Å². The highest BCUT2D eigenvalue weighted by molar-refractivity contribution is 7.10. The van der Waals surface area contributed by atoms with Crippen LogP contribution in [0.2, 0.25) is 0 Å². The zero-order valence-electron chi connectivity index (χ0n) is 11.3. The van der Waals surface area contributed by atoms with E-state index in [4.69, 9.17) is 0 Å². The largest absolute Gasteiger partial charge is 0.350 e. The van der Waals surface area contributed by atoms with Crippen molar-refractivity contribution in [2.75, 3.05) is 32.7 Å². The molecule has 1 saturated heterocycles. The predicted molar refractivity (Wildman–Crippen MR) is 82.1 cm³/mol. The SMILES string of the molecule is Cc1ccsc1CNC(=O)CN1CCCNCC1.Cl. The van der Waals surface area contributed by atoms with Crippen molar-refractivity contribution in [3.8, 4) is 0 Å². The molecule has 1 aromatic heterocycles.